The Hall–Kier alpha value is -1.48. The first-order valence-corrected chi connectivity index (χ1v) is 8.89. The largest absolute Gasteiger partial charge is 0.328 e. The maximum absolute atomic E-state index is 9.32. The zero-order valence-corrected chi connectivity index (χ0v) is 15.1. The number of allylic oxidation sites excluding steroid dienone is 2. The number of aldehydes is 1. The number of aryl methyl sites for hydroxylation is 2. The lowest BCUT2D eigenvalue weighted by atomic mass is 10.1. The van der Waals surface area contributed by atoms with Gasteiger partial charge in [-0.15, -0.1) is 0 Å². The molecule has 0 radical (unpaired) electrons. The number of carbonyl (C=O) groups is 1. The molecule has 3 nitrogen and oxygen atoms in total. The Balaban J connectivity index is 0.000000841. The molecule has 0 amide bonds. The normalized spacial score (nSPS) is 11.8. The van der Waals surface area contributed by atoms with Crippen molar-refractivity contribution in [1.82, 2.24) is 4.98 Å². The van der Waals surface area contributed by atoms with E-state index in [1.807, 2.05) is 6.20 Å². The van der Waals surface area contributed by atoms with Gasteiger partial charge in [0.15, 0.2) is 0 Å². The van der Waals surface area contributed by atoms with Gasteiger partial charge in [-0.2, -0.15) is 0 Å². The molecule has 1 atom stereocenters. The molecule has 0 aliphatic carbocycles. The molecular weight excluding hydrogens is 284 g/mol. The Bertz CT molecular complexity index is 410. The fourth-order valence-electron chi connectivity index (χ4n) is 2.19. The van der Waals surface area contributed by atoms with Crippen molar-refractivity contribution in [2.24, 2.45) is 5.73 Å². The highest BCUT2D eigenvalue weighted by atomic mass is 16.1. The van der Waals surface area contributed by atoms with Crippen molar-refractivity contribution in [3.05, 3.63) is 41.7 Å². The average molecular weight is 319 g/mol. The summed E-state index contributed by atoms with van der Waals surface area (Å²) in [7, 11) is 0. The van der Waals surface area contributed by atoms with Crippen molar-refractivity contribution in [2.45, 2.75) is 78.2 Å². The van der Waals surface area contributed by atoms with Crippen molar-refractivity contribution >= 4 is 6.29 Å². The third kappa shape index (κ3) is 13.9. The second-order valence-corrected chi connectivity index (χ2v) is 5.96. The van der Waals surface area contributed by atoms with Crippen LogP contribution in [0.1, 0.15) is 70.6 Å². The van der Waals surface area contributed by atoms with E-state index in [2.05, 4.69) is 31.0 Å². The van der Waals surface area contributed by atoms with Gasteiger partial charge in [0.25, 0.3) is 0 Å². The number of rotatable bonds is 10. The van der Waals surface area contributed by atoms with Crippen LogP contribution in [-0.4, -0.2) is 17.3 Å². The van der Waals surface area contributed by atoms with E-state index in [1.165, 1.54) is 55.9 Å². The Morgan fingerprint density at radius 2 is 1.87 bits per heavy atom. The average Bonchev–Trinajstić information content (AvgIpc) is 2.55. The van der Waals surface area contributed by atoms with Crippen LogP contribution >= 0.6 is 0 Å². The summed E-state index contributed by atoms with van der Waals surface area (Å²) in [6.07, 6.45) is 15.8. The molecule has 23 heavy (non-hydrogen) atoms. The fourth-order valence-corrected chi connectivity index (χ4v) is 2.19. The smallest absolute Gasteiger partial charge is 0.142 e. The van der Waals surface area contributed by atoms with Gasteiger partial charge >= 0.3 is 0 Å². The fraction of sp³-hybridized carbons (Fsp3) is 0.600. The molecule has 0 aromatic carbocycles. The standard InChI is InChI=1S/C16H28N2.C4H6O/c1-3-15-11-12-16(18-13-15)10-8-6-4-5-7-9-14(2)17;1-2-3-4-5/h11-14H,3-10,17H2,1-2H3;2-4H,1H3/b;3-2-. The second-order valence-electron chi connectivity index (χ2n) is 5.96. The molecule has 1 aromatic heterocycles. The van der Waals surface area contributed by atoms with E-state index in [1.54, 1.807) is 13.0 Å². The van der Waals surface area contributed by atoms with E-state index in [4.69, 9.17) is 5.73 Å². The molecule has 3 heteroatoms. The summed E-state index contributed by atoms with van der Waals surface area (Å²) in [5, 5.41) is 0. The highest BCUT2D eigenvalue weighted by Crippen LogP contribution is 2.10. The van der Waals surface area contributed by atoms with E-state index >= 15 is 0 Å². The number of hydrogen-bond donors (Lipinski definition) is 1. The minimum Gasteiger partial charge on any atom is -0.328 e. The van der Waals surface area contributed by atoms with Crippen LogP contribution in [0.25, 0.3) is 0 Å². The van der Waals surface area contributed by atoms with Crippen LogP contribution in [0.2, 0.25) is 0 Å². The lowest BCUT2D eigenvalue weighted by Gasteiger charge is -2.05. The molecule has 0 bridgehead atoms. The molecule has 0 aliphatic rings. The number of unbranched alkanes of at least 4 members (excludes halogenated alkanes) is 4. The van der Waals surface area contributed by atoms with Gasteiger partial charge in [-0.05, 0) is 57.2 Å². The molecule has 1 aromatic rings. The summed E-state index contributed by atoms with van der Waals surface area (Å²) in [5.41, 5.74) is 8.29. The van der Waals surface area contributed by atoms with Gasteiger partial charge in [0.05, 0.1) is 0 Å². The Morgan fingerprint density at radius 1 is 1.17 bits per heavy atom. The summed E-state index contributed by atoms with van der Waals surface area (Å²) in [6, 6.07) is 4.74. The first kappa shape index (κ1) is 21.5. The van der Waals surface area contributed by atoms with E-state index in [-0.39, 0.29) is 0 Å². The molecule has 1 rings (SSSR count). The number of pyridine rings is 1. The Kier molecular flexibility index (Phi) is 14.4. The van der Waals surface area contributed by atoms with Gasteiger partial charge in [-0.1, -0.05) is 44.7 Å². The lowest BCUT2D eigenvalue weighted by molar-refractivity contribution is -0.104. The Morgan fingerprint density at radius 3 is 2.35 bits per heavy atom. The van der Waals surface area contributed by atoms with Crippen LogP contribution in [0.3, 0.4) is 0 Å². The van der Waals surface area contributed by atoms with Crippen LogP contribution in [0.4, 0.5) is 0 Å². The highest BCUT2D eigenvalue weighted by molar-refractivity contribution is 5.64. The number of nitrogens with zero attached hydrogens (tertiary/aromatic N) is 1. The van der Waals surface area contributed by atoms with Crippen molar-refractivity contribution < 1.29 is 4.79 Å². The monoisotopic (exact) mass is 318 g/mol. The van der Waals surface area contributed by atoms with Crippen molar-refractivity contribution in [1.29, 1.82) is 0 Å². The molecule has 0 saturated carbocycles. The van der Waals surface area contributed by atoms with Gasteiger partial charge in [-0.3, -0.25) is 9.78 Å². The van der Waals surface area contributed by atoms with Crippen molar-refractivity contribution in [3.63, 3.8) is 0 Å². The van der Waals surface area contributed by atoms with Crippen molar-refractivity contribution in [2.75, 3.05) is 0 Å². The third-order valence-corrected chi connectivity index (χ3v) is 3.66. The van der Waals surface area contributed by atoms with Gasteiger partial charge in [0.1, 0.15) is 6.29 Å². The van der Waals surface area contributed by atoms with E-state index in [9.17, 15) is 4.79 Å². The summed E-state index contributed by atoms with van der Waals surface area (Å²) in [4.78, 5) is 13.8. The van der Waals surface area contributed by atoms with E-state index in [0.717, 1.165) is 19.1 Å². The highest BCUT2D eigenvalue weighted by Gasteiger charge is 1.97. The summed E-state index contributed by atoms with van der Waals surface area (Å²) < 4.78 is 0. The molecule has 1 unspecified atom stereocenters. The molecule has 1 heterocycles. The molecule has 0 fully saturated rings. The maximum atomic E-state index is 9.32. The number of nitrogens with two attached hydrogens (primary N) is 1. The van der Waals surface area contributed by atoms with E-state index in [0.29, 0.717) is 6.04 Å². The second kappa shape index (κ2) is 15.4. The van der Waals surface area contributed by atoms with Crippen LogP contribution in [-0.2, 0) is 17.6 Å². The van der Waals surface area contributed by atoms with Crippen LogP contribution in [0, 0.1) is 0 Å². The summed E-state index contributed by atoms with van der Waals surface area (Å²) >= 11 is 0. The van der Waals surface area contributed by atoms with Gasteiger partial charge < -0.3 is 5.73 Å². The Labute approximate surface area is 142 Å². The molecule has 130 valence electrons. The SMILES string of the molecule is C/C=C\C=O.CCc1ccc(CCCCCCCC(C)N)nc1. The summed E-state index contributed by atoms with van der Waals surface area (Å²) in [5.74, 6) is 0. The third-order valence-electron chi connectivity index (χ3n) is 3.66. The molecule has 0 aliphatic heterocycles. The van der Waals surface area contributed by atoms with Gasteiger partial charge in [0.2, 0.25) is 0 Å². The van der Waals surface area contributed by atoms with E-state index < -0.39 is 0 Å². The first-order valence-electron chi connectivity index (χ1n) is 8.89. The van der Waals surface area contributed by atoms with Crippen LogP contribution in [0.5, 0.6) is 0 Å². The predicted octanol–water partition coefficient (Wildman–Crippen LogP) is 4.64. The minimum absolute atomic E-state index is 0.367. The maximum Gasteiger partial charge on any atom is 0.142 e. The van der Waals surface area contributed by atoms with Crippen molar-refractivity contribution in [3.8, 4) is 0 Å². The van der Waals surface area contributed by atoms with Gasteiger partial charge in [0, 0.05) is 17.9 Å². The predicted molar refractivity (Wildman–Crippen MR) is 99.5 cm³/mol. The molecule has 2 N–H and O–H groups in total. The topological polar surface area (TPSA) is 56.0 Å². The zero-order valence-electron chi connectivity index (χ0n) is 15.1. The molecule has 0 saturated heterocycles. The summed E-state index contributed by atoms with van der Waals surface area (Å²) in [6.45, 7) is 6.05. The number of aromatic nitrogens is 1. The van der Waals surface area contributed by atoms with Crippen LogP contribution in [0.15, 0.2) is 30.5 Å². The quantitative estimate of drug-likeness (QED) is 0.388. The minimum atomic E-state index is 0.367. The number of hydrogen-bond acceptors (Lipinski definition) is 3. The zero-order chi connectivity index (χ0) is 17.3. The molecular formula is C20H34N2O. The van der Waals surface area contributed by atoms with Gasteiger partial charge in [-0.25, -0.2) is 0 Å². The van der Waals surface area contributed by atoms with Crippen LogP contribution < -0.4 is 5.73 Å². The molecule has 0 spiro atoms. The lowest BCUT2D eigenvalue weighted by Crippen LogP contribution is -2.13. The number of carbonyl (C=O) groups excluding carboxylic acids is 1. The first-order chi connectivity index (χ1) is 11.1.